The summed E-state index contributed by atoms with van der Waals surface area (Å²) in [5.41, 5.74) is 4.62. The minimum atomic E-state index is -1.73. The Morgan fingerprint density at radius 1 is 0.957 bits per heavy atom. The van der Waals surface area contributed by atoms with Gasteiger partial charge in [0.15, 0.2) is 5.79 Å². The number of carbonyl (C=O) groups is 1. The fraction of sp³-hybridized carbons (Fsp3) is 0.488. The summed E-state index contributed by atoms with van der Waals surface area (Å²) in [7, 11) is 1.53. The van der Waals surface area contributed by atoms with Crippen molar-refractivity contribution >= 4 is 22.6 Å². The maximum atomic E-state index is 15.2. The van der Waals surface area contributed by atoms with Crippen molar-refractivity contribution in [3.63, 3.8) is 0 Å². The average Bonchev–Trinajstić information content (AvgIpc) is 3.44. The maximum absolute atomic E-state index is 15.2. The van der Waals surface area contributed by atoms with Gasteiger partial charge >= 0.3 is 0 Å². The number of carbonyl (C=O) groups excluding carboxylic acids is 1. The molecule has 1 spiro atoms. The number of rotatable bonds is 3. The summed E-state index contributed by atoms with van der Waals surface area (Å²) in [5, 5.41) is 36.9. The van der Waals surface area contributed by atoms with Crippen LogP contribution in [0.4, 0.5) is 0 Å². The molecular weight excluding hydrogens is 572 g/mol. The van der Waals surface area contributed by atoms with Crippen LogP contribution >= 0.6 is 0 Å². The number of Topliss-reactive ketones (excluding diaryl/α,β-unsaturated/α-hetero) is 1. The van der Waals surface area contributed by atoms with Crippen LogP contribution in [0.5, 0.6) is 0 Å². The first-order valence-electron chi connectivity index (χ1n) is 17.4. The molecule has 0 unspecified atom stereocenters. The van der Waals surface area contributed by atoms with Crippen molar-refractivity contribution in [1.29, 1.82) is 0 Å². The minimum absolute atomic E-state index is 0.0278. The minimum Gasteiger partial charge on any atom is -0.396 e. The Bertz CT molecular complexity index is 1750. The van der Waals surface area contributed by atoms with Crippen molar-refractivity contribution < 1.29 is 24.9 Å². The smallest absolute Gasteiger partial charge is 0.185 e. The van der Waals surface area contributed by atoms with Crippen molar-refractivity contribution in [3.8, 4) is 0 Å². The molecule has 3 N–H and O–H groups in total. The lowest BCUT2D eigenvalue weighted by Gasteiger charge is -2.55. The molecule has 3 fully saturated rings. The number of aliphatic hydroxyl groups is 3. The second-order valence-corrected chi connectivity index (χ2v) is 15.0. The Morgan fingerprint density at radius 3 is 2.54 bits per heavy atom. The summed E-state index contributed by atoms with van der Waals surface area (Å²) in [4.78, 5) is 15.2. The molecule has 7 atom stereocenters. The Hall–Kier alpha value is -3.09. The zero-order chi connectivity index (χ0) is 31.8. The molecule has 3 saturated carbocycles. The highest BCUT2D eigenvalue weighted by Gasteiger charge is 2.82. The van der Waals surface area contributed by atoms with E-state index in [2.05, 4.69) is 60.7 Å². The van der Waals surface area contributed by atoms with Crippen LogP contribution in [0, 0.1) is 28.6 Å². The molecule has 0 aliphatic heterocycles. The fourth-order valence-electron chi connectivity index (χ4n) is 11.1. The molecule has 5 aliphatic rings. The molecule has 0 radical (unpaired) electrons. The van der Waals surface area contributed by atoms with Gasteiger partial charge in [-0.05, 0) is 95.0 Å². The fourth-order valence-corrected chi connectivity index (χ4v) is 11.1. The number of hydrogen-bond acceptors (Lipinski definition) is 5. The van der Waals surface area contributed by atoms with E-state index >= 15 is 4.79 Å². The zero-order valence-electron chi connectivity index (χ0n) is 26.9. The van der Waals surface area contributed by atoms with Gasteiger partial charge in [0.25, 0.3) is 0 Å². The van der Waals surface area contributed by atoms with E-state index in [0.717, 1.165) is 69.8 Å². The highest BCUT2D eigenvalue weighted by molar-refractivity contribution is 5.91. The predicted molar refractivity (Wildman–Crippen MR) is 180 cm³/mol. The lowest BCUT2D eigenvalue weighted by molar-refractivity contribution is -0.260. The second-order valence-electron chi connectivity index (χ2n) is 15.0. The van der Waals surface area contributed by atoms with Gasteiger partial charge in [-0.2, -0.15) is 0 Å². The maximum Gasteiger partial charge on any atom is 0.185 e. The van der Waals surface area contributed by atoms with Crippen LogP contribution in [0.2, 0.25) is 0 Å². The van der Waals surface area contributed by atoms with E-state index in [1.807, 2.05) is 6.08 Å². The van der Waals surface area contributed by atoms with Gasteiger partial charge in [0.1, 0.15) is 5.78 Å². The molecule has 8 rings (SSSR count). The topological polar surface area (TPSA) is 87.0 Å². The molecule has 3 aromatic carbocycles. The van der Waals surface area contributed by atoms with Gasteiger partial charge in [0.2, 0.25) is 0 Å². The molecule has 0 amide bonds. The SMILES string of the molecule is C=C1[C@H]2[C@H](CO)C[C@]3(C(=O)CCc4cccc(c4)C[C@H]4c5cc6cc(ccc6cc5C=C[C@@H]4O)C[C@]13C1CCCCC1)[C@@]2(O)OC. The number of methoxy groups -OCH3 is 1. The molecule has 5 heteroatoms. The van der Waals surface area contributed by atoms with Crippen molar-refractivity contribution in [1.82, 2.24) is 0 Å². The second kappa shape index (κ2) is 11.0. The first-order valence-corrected chi connectivity index (χ1v) is 17.4. The standard InChI is InChI=1S/C41H46O5/c1-25-38-32(24-42)23-40(41(38,45)46-2)37(44)16-12-26-7-6-8-27(17-26)19-35-34-21-31-18-28(22-39(25,40)33-9-4-3-5-10-33)11-13-29(31)20-30(34)14-15-36(35)43/h6-8,11,13-15,17-18,20-21,32-33,35-36,38,42-43,45H,1,3-5,9-10,12,16,19,22-24H2,2H3/t32-,35-,36-,38-,39+,40+,41-/m0/s1. The molecule has 3 aromatic rings. The predicted octanol–water partition coefficient (Wildman–Crippen LogP) is 6.70. The largest absolute Gasteiger partial charge is 0.396 e. The van der Waals surface area contributed by atoms with Gasteiger partial charge in [-0.1, -0.05) is 92.1 Å². The first-order chi connectivity index (χ1) is 22.3. The lowest BCUT2D eigenvalue weighted by atomic mass is 9.47. The van der Waals surface area contributed by atoms with Gasteiger partial charge < -0.3 is 20.1 Å². The highest BCUT2D eigenvalue weighted by atomic mass is 16.6. The molecule has 0 aromatic heterocycles. The van der Waals surface area contributed by atoms with Crippen molar-refractivity contribution in [2.45, 2.75) is 82.0 Å². The quantitative estimate of drug-likeness (QED) is 0.225. The summed E-state index contributed by atoms with van der Waals surface area (Å²) < 4.78 is 6.15. The summed E-state index contributed by atoms with van der Waals surface area (Å²) in [6.07, 6.45) is 11.3. The molecule has 5 nitrogen and oxygen atoms in total. The van der Waals surface area contributed by atoms with Crippen molar-refractivity contribution in [3.05, 3.63) is 101 Å². The number of fused-ring (bicyclic) bond motifs is 4. The van der Waals surface area contributed by atoms with Crippen LogP contribution in [-0.4, -0.2) is 46.7 Å². The third-order valence-electron chi connectivity index (χ3n) is 13.1. The number of ketones is 1. The number of benzene rings is 3. The van der Waals surface area contributed by atoms with Crippen LogP contribution in [0.1, 0.15) is 78.7 Å². The van der Waals surface area contributed by atoms with E-state index in [9.17, 15) is 15.3 Å². The molecule has 5 aliphatic carbocycles. The van der Waals surface area contributed by atoms with Crippen molar-refractivity contribution in [2.75, 3.05) is 13.7 Å². The molecule has 7 bridgehead atoms. The normalized spacial score (nSPS) is 35.7. The van der Waals surface area contributed by atoms with Crippen LogP contribution in [0.25, 0.3) is 16.8 Å². The summed E-state index contributed by atoms with van der Waals surface area (Å²) in [6.45, 7) is 4.64. The Morgan fingerprint density at radius 2 is 1.76 bits per heavy atom. The summed E-state index contributed by atoms with van der Waals surface area (Å²) in [6, 6.07) is 19.6. The van der Waals surface area contributed by atoms with E-state index in [4.69, 9.17) is 11.3 Å². The first kappa shape index (κ1) is 30.3. The van der Waals surface area contributed by atoms with E-state index < -0.39 is 28.6 Å². The average molecular weight is 619 g/mol. The Balaban J connectivity index is 1.38. The van der Waals surface area contributed by atoms with Gasteiger partial charge in [-0.15, -0.1) is 0 Å². The monoisotopic (exact) mass is 618 g/mol. The number of aliphatic hydroxyl groups excluding tert-OH is 2. The van der Waals surface area contributed by atoms with Gasteiger partial charge in [0, 0.05) is 37.4 Å². The highest BCUT2D eigenvalue weighted by Crippen LogP contribution is 2.77. The Labute approximate surface area is 272 Å². The van der Waals surface area contributed by atoms with Gasteiger partial charge in [0.05, 0.1) is 11.5 Å². The van der Waals surface area contributed by atoms with E-state index in [-0.39, 0.29) is 36.6 Å². The molecule has 46 heavy (non-hydrogen) atoms. The molecule has 0 heterocycles. The summed E-state index contributed by atoms with van der Waals surface area (Å²) >= 11 is 0. The van der Waals surface area contributed by atoms with E-state index in [1.54, 1.807) is 0 Å². The van der Waals surface area contributed by atoms with Crippen LogP contribution < -0.4 is 0 Å². The van der Waals surface area contributed by atoms with E-state index in [0.29, 0.717) is 25.7 Å². The van der Waals surface area contributed by atoms with Gasteiger partial charge in [-0.3, -0.25) is 4.79 Å². The number of aryl methyl sites for hydroxylation is 1. The third-order valence-corrected chi connectivity index (χ3v) is 13.1. The number of ether oxygens (including phenoxy) is 1. The molecule has 240 valence electrons. The Kier molecular flexibility index (Phi) is 7.22. The molecule has 0 saturated heterocycles. The van der Waals surface area contributed by atoms with Crippen LogP contribution in [0.3, 0.4) is 0 Å². The van der Waals surface area contributed by atoms with Crippen molar-refractivity contribution in [2.24, 2.45) is 28.6 Å². The molecular formula is C41H46O5. The van der Waals surface area contributed by atoms with E-state index in [1.165, 1.54) is 13.5 Å². The van der Waals surface area contributed by atoms with Gasteiger partial charge in [-0.25, -0.2) is 0 Å². The third kappa shape index (κ3) is 4.05. The zero-order valence-corrected chi connectivity index (χ0v) is 26.9. The summed E-state index contributed by atoms with van der Waals surface area (Å²) in [5.74, 6) is -2.39. The lowest BCUT2D eigenvalue weighted by Crippen LogP contribution is -2.60. The number of hydrogen-bond donors (Lipinski definition) is 3. The van der Waals surface area contributed by atoms with Crippen LogP contribution in [-0.2, 0) is 28.8 Å². The van der Waals surface area contributed by atoms with Crippen LogP contribution in [0.15, 0.2) is 72.8 Å².